The highest BCUT2D eigenvalue weighted by Crippen LogP contribution is 2.45. The fourth-order valence-electron chi connectivity index (χ4n) is 4.84. The second-order valence-electron chi connectivity index (χ2n) is 8.73. The Balaban J connectivity index is 1.82. The van der Waals surface area contributed by atoms with Crippen LogP contribution in [-0.2, 0) is 16.6 Å². The Labute approximate surface area is 206 Å². The van der Waals surface area contributed by atoms with E-state index in [1.165, 1.54) is 4.90 Å². The zero-order valence-electron chi connectivity index (χ0n) is 19.0. The van der Waals surface area contributed by atoms with Gasteiger partial charge in [-0.15, -0.1) is 0 Å². The molecule has 0 saturated carbocycles. The van der Waals surface area contributed by atoms with Crippen molar-refractivity contribution in [2.24, 2.45) is 7.05 Å². The lowest BCUT2D eigenvalue weighted by atomic mass is 9.94. The van der Waals surface area contributed by atoms with Gasteiger partial charge in [0.1, 0.15) is 5.76 Å². The lowest BCUT2D eigenvalue weighted by Crippen LogP contribution is -2.29. The SMILES string of the molecule is Cc1cc(C)cc(N2C(=O)C(=O)/C(=C(/O)c3ccc(Br)cc3)C2c2cn(C)c3ccccc23)c1. The molecule has 170 valence electrons. The van der Waals surface area contributed by atoms with E-state index in [4.69, 9.17) is 0 Å². The molecule has 1 amide bonds. The Bertz CT molecular complexity index is 1480. The number of carbonyl (C=O) groups is 2. The molecule has 1 saturated heterocycles. The Morgan fingerprint density at radius 3 is 2.26 bits per heavy atom. The van der Waals surface area contributed by atoms with Crippen LogP contribution >= 0.6 is 15.9 Å². The fourth-order valence-corrected chi connectivity index (χ4v) is 5.10. The number of nitrogens with zero attached hydrogens (tertiary/aromatic N) is 2. The van der Waals surface area contributed by atoms with Gasteiger partial charge < -0.3 is 9.67 Å². The molecule has 1 aromatic heterocycles. The van der Waals surface area contributed by atoms with Crippen LogP contribution in [0.4, 0.5) is 5.69 Å². The van der Waals surface area contributed by atoms with Crippen molar-refractivity contribution in [3.63, 3.8) is 0 Å². The van der Waals surface area contributed by atoms with Gasteiger partial charge in [-0.3, -0.25) is 14.5 Å². The van der Waals surface area contributed by atoms with Crippen LogP contribution in [-0.4, -0.2) is 21.4 Å². The van der Waals surface area contributed by atoms with Crippen LogP contribution in [0.2, 0.25) is 0 Å². The molecule has 0 spiro atoms. The molecule has 0 bridgehead atoms. The number of fused-ring (bicyclic) bond motifs is 1. The second kappa shape index (κ2) is 8.29. The average Bonchev–Trinajstić information content (AvgIpc) is 3.27. The number of aliphatic hydroxyl groups excluding tert-OH is 1. The van der Waals surface area contributed by atoms with Gasteiger partial charge in [-0.05, 0) is 55.3 Å². The zero-order valence-corrected chi connectivity index (χ0v) is 20.6. The molecule has 1 aliphatic heterocycles. The first-order valence-corrected chi connectivity index (χ1v) is 11.7. The topological polar surface area (TPSA) is 62.5 Å². The maximum atomic E-state index is 13.5. The van der Waals surface area contributed by atoms with E-state index >= 15 is 0 Å². The van der Waals surface area contributed by atoms with Gasteiger partial charge in [0.2, 0.25) is 0 Å². The van der Waals surface area contributed by atoms with E-state index in [9.17, 15) is 14.7 Å². The molecule has 0 radical (unpaired) electrons. The van der Waals surface area contributed by atoms with E-state index < -0.39 is 17.7 Å². The molecular weight excluding hydrogens is 492 g/mol. The van der Waals surface area contributed by atoms with Gasteiger partial charge in [-0.25, -0.2) is 0 Å². The first kappa shape index (κ1) is 22.2. The minimum atomic E-state index is -0.768. The number of para-hydroxylation sites is 1. The largest absolute Gasteiger partial charge is 0.507 e. The lowest BCUT2D eigenvalue weighted by Gasteiger charge is -2.25. The van der Waals surface area contributed by atoms with Crippen molar-refractivity contribution < 1.29 is 14.7 Å². The van der Waals surface area contributed by atoms with Crippen LogP contribution in [0.5, 0.6) is 0 Å². The number of carbonyl (C=O) groups excluding carboxylic acids is 2. The van der Waals surface area contributed by atoms with Crippen LogP contribution in [0.15, 0.2) is 83.0 Å². The van der Waals surface area contributed by atoms with Gasteiger partial charge in [-0.2, -0.15) is 0 Å². The average molecular weight is 515 g/mol. The number of aromatic nitrogens is 1. The number of rotatable bonds is 3. The summed E-state index contributed by atoms with van der Waals surface area (Å²) in [4.78, 5) is 28.4. The number of ketones is 1. The molecule has 5 nitrogen and oxygen atoms in total. The fraction of sp³-hybridized carbons (Fsp3) is 0.143. The van der Waals surface area contributed by atoms with Crippen molar-refractivity contribution in [3.05, 3.63) is 105 Å². The number of aliphatic hydroxyl groups is 1. The Morgan fingerprint density at radius 1 is 0.941 bits per heavy atom. The van der Waals surface area contributed by atoms with Crippen molar-refractivity contribution in [2.45, 2.75) is 19.9 Å². The Kier molecular flexibility index (Phi) is 5.41. The van der Waals surface area contributed by atoms with Crippen LogP contribution in [0.3, 0.4) is 0 Å². The molecule has 34 heavy (non-hydrogen) atoms. The molecule has 1 atom stereocenters. The molecule has 5 rings (SSSR count). The summed E-state index contributed by atoms with van der Waals surface area (Å²) >= 11 is 3.40. The highest BCUT2D eigenvalue weighted by atomic mass is 79.9. The van der Waals surface area contributed by atoms with Crippen LogP contribution in [0.1, 0.15) is 28.3 Å². The standard InChI is InChI=1S/C28H23BrN2O3/c1-16-12-17(2)14-20(13-16)31-25(22-15-30(3)23-7-5-4-6-21(22)23)24(27(33)28(31)34)26(32)18-8-10-19(29)11-9-18/h4-15,25,32H,1-3H3/b26-24+. The van der Waals surface area contributed by atoms with E-state index in [0.29, 0.717) is 11.3 Å². The van der Waals surface area contributed by atoms with E-state index in [-0.39, 0.29) is 11.3 Å². The predicted octanol–water partition coefficient (Wildman–Crippen LogP) is 6.18. The summed E-state index contributed by atoms with van der Waals surface area (Å²) in [5, 5.41) is 12.3. The number of aryl methyl sites for hydroxylation is 3. The number of amides is 1. The van der Waals surface area contributed by atoms with Gasteiger partial charge in [0.05, 0.1) is 11.6 Å². The minimum absolute atomic E-state index is 0.0860. The molecule has 0 aliphatic carbocycles. The third kappa shape index (κ3) is 3.55. The number of anilines is 1. The Morgan fingerprint density at radius 2 is 1.59 bits per heavy atom. The highest BCUT2D eigenvalue weighted by Gasteiger charge is 2.48. The molecule has 4 aromatic rings. The van der Waals surface area contributed by atoms with Gasteiger partial charge >= 0.3 is 0 Å². The molecule has 2 heterocycles. The maximum Gasteiger partial charge on any atom is 0.300 e. The van der Waals surface area contributed by atoms with E-state index in [2.05, 4.69) is 15.9 Å². The molecular formula is C28H23BrN2O3. The number of benzene rings is 3. The summed E-state index contributed by atoms with van der Waals surface area (Å²) in [6.07, 6.45) is 1.94. The van der Waals surface area contributed by atoms with E-state index in [1.807, 2.05) is 74.1 Å². The lowest BCUT2D eigenvalue weighted by molar-refractivity contribution is -0.132. The van der Waals surface area contributed by atoms with Crippen molar-refractivity contribution >= 4 is 50.0 Å². The molecule has 1 unspecified atom stereocenters. The summed E-state index contributed by atoms with van der Waals surface area (Å²) in [5.41, 5.74) is 4.94. The minimum Gasteiger partial charge on any atom is -0.507 e. The second-order valence-corrected chi connectivity index (χ2v) is 9.65. The highest BCUT2D eigenvalue weighted by molar-refractivity contribution is 9.10. The van der Waals surface area contributed by atoms with E-state index in [0.717, 1.165) is 32.1 Å². The van der Waals surface area contributed by atoms with Crippen LogP contribution in [0, 0.1) is 13.8 Å². The van der Waals surface area contributed by atoms with Crippen LogP contribution < -0.4 is 4.90 Å². The number of hydrogen-bond acceptors (Lipinski definition) is 3. The van der Waals surface area contributed by atoms with Crippen LogP contribution in [0.25, 0.3) is 16.7 Å². The summed E-state index contributed by atoms with van der Waals surface area (Å²) in [6, 6.07) is 20.0. The van der Waals surface area contributed by atoms with Gasteiger partial charge in [0.25, 0.3) is 11.7 Å². The first-order valence-electron chi connectivity index (χ1n) is 11.0. The van der Waals surface area contributed by atoms with Gasteiger partial charge in [0.15, 0.2) is 0 Å². The van der Waals surface area contributed by atoms with Gasteiger partial charge in [-0.1, -0.05) is 52.3 Å². The van der Waals surface area contributed by atoms with Crippen molar-refractivity contribution in [1.82, 2.24) is 4.57 Å². The van der Waals surface area contributed by atoms with Crippen molar-refractivity contribution in [3.8, 4) is 0 Å². The molecule has 1 N–H and O–H groups in total. The zero-order chi connectivity index (χ0) is 24.1. The smallest absolute Gasteiger partial charge is 0.300 e. The summed E-state index contributed by atoms with van der Waals surface area (Å²) in [5.74, 6) is -1.53. The molecule has 6 heteroatoms. The number of Topliss-reactive ketones (excluding diaryl/α,β-unsaturated/α-hetero) is 1. The molecule has 3 aromatic carbocycles. The summed E-state index contributed by atoms with van der Waals surface area (Å²) in [6.45, 7) is 3.92. The Hall–Kier alpha value is -3.64. The van der Waals surface area contributed by atoms with Gasteiger partial charge in [0, 0.05) is 45.4 Å². The quantitative estimate of drug-likeness (QED) is 0.201. The number of hydrogen-bond donors (Lipinski definition) is 1. The van der Waals surface area contributed by atoms with Crippen molar-refractivity contribution in [2.75, 3.05) is 4.90 Å². The molecule has 1 aliphatic rings. The first-order chi connectivity index (χ1) is 16.3. The number of halogens is 1. The van der Waals surface area contributed by atoms with E-state index in [1.54, 1.807) is 24.3 Å². The summed E-state index contributed by atoms with van der Waals surface area (Å²) in [7, 11) is 1.93. The molecule has 1 fully saturated rings. The predicted molar refractivity (Wildman–Crippen MR) is 138 cm³/mol. The van der Waals surface area contributed by atoms with Crippen molar-refractivity contribution in [1.29, 1.82) is 0 Å². The third-order valence-electron chi connectivity index (χ3n) is 6.27. The third-order valence-corrected chi connectivity index (χ3v) is 6.80. The normalized spacial score (nSPS) is 17.6. The maximum absolute atomic E-state index is 13.5. The summed E-state index contributed by atoms with van der Waals surface area (Å²) < 4.78 is 2.83. The monoisotopic (exact) mass is 514 g/mol.